The summed E-state index contributed by atoms with van der Waals surface area (Å²) in [5.41, 5.74) is 2.05. The molecule has 2 aliphatic heterocycles. The first-order valence-electron chi connectivity index (χ1n) is 7.43. The standard InChI is InChI=1S/C18H16N2O2/c1-12-6-8-13(9-7-12)15-10-18(20-19-15)11-22-16-5-3-2-4-14(16)17(18)21/h2-9,15H,10-11H2,1H3/t15-,18+/m0/s1. The van der Waals surface area contributed by atoms with E-state index in [1.807, 2.05) is 18.2 Å². The Balaban J connectivity index is 1.64. The highest BCUT2D eigenvalue weighted by atomic mass is 16.5. The fraction of sp³-hybridized carbons (Fsp3) is 0.278. The highest BCUT2D eigenvalue weighted by Gasteiger charge is 2.49. The summed E-state index contributed by atoms with van der Waals surface area (Å²) in [6, 6.07) is 15.5. The van der Waals surface area contributed by atoms with Crippen LogP contribution in [0.3, 0.4) is 0 Å². The van der Waals surface area contributed by atoms with Crippen molar-refractivity contribution >= 4 is 5.78 Å². The first-order valence-corrected chi connectivity index (χ1v) is 7.43. The van der Waals surface area contributed by atoms with Gasteiger partial charge < -0.3 is 4.74 Å². The van der Waals surface area contributed by atoms with Gasteiger partial charge in [0.25, 0.3) is 0 Å². The summed E-state index contributed by atoms with van der Waals surface area (Å²) in [7, 11) is 0. The van der Waals surface area contributed by atoms with Gasteiger partial charge in [0.2, 0.25) is 0 Å². The molecule has 2 aromatic rings. The number of azo groups is 1. The van der Waals surface area contributed by atoms with Crippen LogP contribution >= 0.6 is 0 Å². The van der Waals surface area contributed by atoms with Gasteiger partial charge in [-0.15, -0.1) is 0 Å². The fourth-order valence-electron chi connectivity index (χ4n) is 3.07. The van der Waals surface area contributed by atoms with Crippen LogP contribution in [0.1, 0.15) is 33.9 Å². The first-order chi connectivity index (χ1) is 10.7. The molecule has 2 heterocycles. The van der Waals surface area contributed by atoms with Crippen molar-refractivity contribution in [3.63, 3.8) is 0 Å². The number of ketones is 1. The van der Waals surface area contributed by atoms with Crippen molar-refractivity contribution in [3.05, 3.63) is 65.2 Å². The molecule has 0 unspecified atom stereocenters. The van der Waals surface area contributed by atoms with Gasteiger partial charge in [0.1, 0.15) is 12.4 Å². The maximum absolute atomic E-state index is 12.8. The molecule has 2 aromatic carbocycles. The Bertz CT molecular complexity index is 767. The number of ether oxygens (including phenoxy) is 1. The molecule has 0 bridgehead atoms. The van der Waals surface area contributed by atoms with Gasteiger partial charge in [-0.2, -0.15) is 10.2 Å². The molecule has 2 atom stereocenters. The van der Waals surface area contributed by atoms with E-state index in [4.69, 9.17) is 4.74 Å². The highest BCUT2D eigenvalue weighted by Crippen LogP contribution is 2.43. The van der Waals surface area contributed by atoms with Gasteiger partial charge in [-0.1, -0.05) is 42.0 Å². The predicted octanol–water partition coefficient (Wildman–Crippen LogP) is 3.91. The van der Waals surface area contributed by atoms with E-state index in [9.17, 15) is 4.79 Å². The molecule has 0 N–H and O–H groups in total. The SMILES string of the molecule is Cc1ccc([C@@H]2C[C@]3(COc4ccccc4C3=O)N=N2)cc1. The van der Waals surface area contributed by atoms with E-state index in [2.05, 4.69) is 41.4 Å². The molecular formula is C18H16N2O2. The van der Waals surface area contributed by atoms with E-state index in [0.717, 1.165) is 5.56 Å². The number of carbonyl (C=O) groups excluding carboxylic acids is 1. The van der Waals surface area contributed by atoms with E-state index in [0.29, 0.717) is 17.7 Å². The van der Waals surface area contributed by atoms with Crippen LogP contribution in [0.5, 0.6) is 5.75 Å². The number of benzene rings is 2. The second kappa shape index (κ2) is 4.77. The molecular weight excluding hydrogens is 276 g/mol. The average Bonchev–Trinajstić information content (AvgIpc) is 2.98. The minimum atomic E-state index is -0.857. The first kappa shape index (κ1) is 13.2. The minimum absolute atomic E-state index is 0.0210. The lowest BCUT2D eigenvalue weighted by Crippen LogP contribution is -2.44. The van der Waals surface area contributed by atoms with Gasteiger partial charge in [0.15, 0.2) is 11.3 Å². The summed E-state index contributed by atoms with van der Waals surface area (Å²) in [6.07, 6.45) is 0.573. The van der Waals surface area contributed by atoms with Gasteiger partial charge >= 0.3 is 0 Å². The molecule has 0 fully saturated rings. The Morgan fingerprint density at radius 3 is 2.73 bits per heavy atom. The zero-order chi connectivity index (χ0) is 15.2. The van der Waals surface area contributed by atoms with Crippen molar-refractivity contribution in [1.82, 2.24) is 0 Å². The van der Waals surface area contributed by atoms with Crippen molar-refractivity contribution in [1.29, 1.82) is 0 Å². The Labute approximate surface area is 128 Å². The van der Waals surface area contributed by atoms with E-state index in [1.165, 1.54) is 5.56 Å². The molecule has 0 aromatic heterocycles. The van der Waals surface area contributed by atoms with Gasteiger partial charge in [-0.3, -0.25) is 4.79 Å². The molecule has 0 radical (unpaired) electrons. The van der Waals surface area contributed by atoms with Crippen molar-refractivity contribution < 1.29 is 9.53 Å². The molecule has 0 saturated carbocycles. The minimum Gasteiger partial charge on any atom is -0.490 e. The van der Waals surface area contributed by atoms with E-state index in [1.54, 1.807) is 6.07 Å². The molecule has 110 valence electrons. The maximum Gasteiger partial charge on any atom is 0.199 e. The third-order valence-electron chi connectivity index (χ3n) is 4.40. The monoisotopic (exact) mass is 292 g/mol. The van der Waals surface area contributed by atoms with Gasteiger partial charge in [0, 0.05) is 6.42 Å². The lowest BCUT2D eigenvalue weighted by molar-refractivity contribution is 0.0778. The summed E-state index contributed by atoms with van der Waals surface area (Å²) in [5.74, 6) is 0.667. The average molecular weight is 292 g/mol. The van der Waals surface area contributed by atoms with Crippen LogP contribution in [0.25, 0.3) is 0 Å². The second-order valence-corrected chi connectivity index (χ2v) is 5.99. The van der Waals surface area contributed by atoms with E-state index >= 15 is 0 Å². The molecule has 4 rings (SSSR count). The van der Waals surface area contributed by atoms with Crippen LogP contribution in [0.4, 0.5) is 0 Å². The Morgan fingerprint density at radius 2 is 1.91 bits per heavy atom. The Kier molecular flexibility index (Phi) is 2.86. The van der Waals surface area contributed by atoms with E-state index < -0.39 is 5.54 Å². The molecule has 0 aliphatic carbocycles. The van der Waals surface area contributed by atoms with Crippen molar-refractivity contribution in [2.24, 2.45) is 10.2 Å². The molecule has 4 heteroatoms. The number of aryl methyl sites for hydroxylation is 1. The van der Waals surface area contributed by atoms with Crippen molar-refractivity contribution in [2.75, 3.05) is 6.61 Å². The van der Waals surface area contributed by atoms with Crippen LogP contribution in [0, 0.1) is 6.92 Å². The number of nitrogens with zero attached hydrogens (tertiary/aromatic N) is 2. The molecule has 2 aliphatic rings. The maximum atomic E-state index is 12.8. The molecule has 0 amide bonds. The summed E-state index contributed by atoms with van der Waals surface area (Å²) >= 11 is 0. The van der Waals surface area contributed by atoms with E-state index in [-0.39, 0.29) is 18.4 Å². The topological polar surface area (TPSA) is 51.0 Å². The van der Waals surface area contributed by atoms with Crippen LogP contribution in [-0.2, 0) is 0 Å². The predicted molar refractivity (Wildman–Crippen MR) is 82.4 cm³/mol. The summed E-state index contributed by atoms with van der Waals surface area (Å²) in [5, 5.41) is 8.70. The summed E-state index contributed by atoms with van der Waals surface area (Å²) < 4.78 is 5.76. The third-order valence-corrected chi connectivity index (χ3v) is 4.40. The molecule has 1 spiro atoms. The van der Waals surface area contributed by atoms with Crippen LogP contribution in [0.2, 0.25) is 0 Å². The Hall–Kier alpha value is -2.49. The number of rotatable bonds is 1. The fourth-order valence-corrected chi connectivity index (χ4v) is 3.07. The van der Waals surface area contributed by atoms with Gasteiger partial charge in [-0.25, -0.2) is 0 Å². The molecule has 0 saturated heterocycles. The zero-order valence-electron chi connectivity index (χ0n) is 12.3. The number of fused-ring (bicyclic) bond motifs is 1. The lowest BCUT2D eigenvalue weighted by Gasteiger charge is -2.29. The van der Waals surface area contributed by atoms with Crippen LogP contribution in [-0.4, -0.2) is 17.9 Å². The smallest absolute Gasteiger partial charge is 0.199 e. The zero-order valence-corrected chi connectivity index (χ0v) is 12.3. The van der Waals surface area contributed by atoms with Crippen molar-refractivity contribution in [2.45, 2.75) is 24.9 Å². The van der Waals surface area contributed by atoms with Crippen molar-refractivity contribution in [3.8, 4) is 5.75 Å². The highest BCUT2D eigenvalue weighted by molar-refractivity contribution is 6.06. The number of hydrogen-bond donors (Lipinski definition) is 0. The normalized spacial score (nSPS) is 26.0. The molecule has 4 nitrogen and oxygen atoms in total. The lowest BCUT2D eigenvalue weighted by atomic mass is 9.82. The Morgan fingerprint density at radius 1 is 1.14 bits per heavy atom. The van der Waals surface area contributed by atoms with Gasteiger partial charge in [0.05, 0.1) is 11.6 Å². The number of carbonyl (C=O) groups is 1. The number of para-hydroxylation sites is 1. The quantitative estimate of drug-likeness (QED) is 0.800. The summed E-state index contributed by atoms with van der Waals surface area (Å²) in [4.78, 5) is 12.8. The number of hydrogen-bond acceptors (Lipinski definition) is 4. The molecule has 22 heavy (non-hydrogen) atoms. The van der Waals surface area contributed by atoms with Gasteiger partial charge in [-0.05, 0) is 24.6 Å². The van der Waals surface area contributed by atoms with Crippen LogP contribution in [0.15, 0.2) is 58.8 Å². The number of Topliss-reactive ketones (excluding diaryl/α,β-unsaturated/α-hetero) is 1. The second-order valence-electron chi connectivity index (χ2n) is 5.99. The largest absolute Gasteiger partial charge is 0.490 e. The van der Waals surface area contributed by atoms with Crippen LogP contribution < -0.4 is 4.74 Å². The summed E-state index contributed by atoms with van der Waals surface area (Å²) in [6.45, 7) is 2.32. The third kappa shape index (κ3) is 1.95.